The van der Waals surface area contributed by atoms with Crippen LogP contribution >= 0.6 is 0 Å². The lowest BCUT2D eigenvalue weighted by Gasteiger charge is -2.31. The van der Waals surface area contributed by atoms with E-state index < -0.39 is 11.6 Å². The van der Waals surface area contributed by atoms with Gasteiger partial charge in [-0.2, -0.15) is 0 Å². The second kappa shape index (κ2) is 5.62. The molecule has 0 aromatic heterocycles. The lowest BCUT2D eigenvalue weighted by molar-refractivity contribution is -0.289. The van der Waals surface area contributed by atoms with Gasteiger partial charge >= 0.3 is 5.97 Å². The fourth-order valence-corrected chi connectivity index (χ4v) is 1.68. The minimum atomic E-state index is -0.787. The molecule has 0 radical (unpaired) electrons. The minimum Gasteiger partial charge on any atom is -0.466 e. The monoisotopic (exact) mass is 244 g/mol. The quantitative estimate of drug-likeness (QED) is 0.404. The highest BCUT2D eigenvalue weighted by Gasteiger charge is 2.42. The predicted molar refractivity (Wildman–Crippen MR) is 61.2 cm³/mol. The van der Waals surface area contributed by atoms with Crippen molar-refractivity contribution in [3.63, 3.8) is 0 Å². The summed E-state index contributed by atoms with van der Waals surface area (Å²) in [7, 11) is 3.16. The predicted octanol–water partition coefficient (Wildman–Crippen LogP) is 1.62. The Balaban J connectivity index is 2.44. The molecule has 5 nitrogen and oxygen atoms in total. The van der Waals surface area contributed by atoms with Crippen LogP contribution in [0.5, 0.6) is 0 Å². The molecule has 0 aliphatic carbocycles. The zero-order valence-electron chi connectivity index (χ0n) is 10.8. The summed E-state index contributed by atoms with van der Waals surface area (Å²) in [6.45, 7) is 3.57. The zero-order chi connectivity index (χ0) is 12.9. The van der Waals surface area contributed by atoms with Gasteiger partial charge in [0.1, 0.15) is 0 Å². The third-order valence-corrected chi connectivity index (χ3v) is 2.74. The maximum atomic E-state index is 10.6. The number of hydrogen-bond acceptors (Lipinski definition) is 5. The second-order valence-electron chi connectivity index (χ2n) is 4.12. The molecule has 0 bridgehead atoms. The Bertz CT molecular complexity index is 301. The third kappa shape index (κ3) is 3.80. The molecule has 2 unspecified atom stereocenters. The summed E-state index contributed by atoms with van der Waals surface area (Å²) < 4.78 is 21.2. The highest BCUT2D eigenvalue weighted by Crippen LogP contribution is 2.35. The van der Waals surface area contributed by atoms with Crippen LogP contribution in [0.25, 0.3) is 0 Å². The van der Waals surface area contributed by atoms with Crippen LogP contribution in [0.15, 0.2) is 12.2 Å². The van der Waals surface area contributed by atoms with Crippen molar-refractivity contribution in [2.75, 3.05) is 20.8 Å². The van der Waals surface area contributed by atoms with Crippen LogP contribution in [0.1, 0.15) is 26.7 Å². The molecule has 1 aliphatic heterocycles. The molecule has 0 fully saturated rings. The van der Waals surface area contributed by atoms with Crippen LogP contribution in [0.3, 0.4) is 0 Å². The first-order valence-electron chi connectivity index (χ1n) is 5.59. The van der Waals surface area contributed by atoms with Gasteiger partial charge in [0.05, 0.1) is 6.61 Å². The molecular weight excluding hydrogens is 224 g/mol. The molecule has 0 spiro atoms. The van der Waals surface area contributed by atoms with Crippen molar-refractivity contribution in [3.8, 4) is 0 Å². The molecule has 0 N–H and O–H groups in total. The van der Waals surface area contributed by atoms with E-state index in [2.05, 4.69) is 0 Å². The summed E-state index contributed by atoms with van der Waals surface area (Å²) in [4.78, 5) is 10.6. The number of carbonyl (C=O) groups is 1. The zero-order valence-corrected chi connectivity index (χ0v) is 10.8. The number of esters is 1. The molecule has 1 rings (SSSR count). The van der Waals surface area contributed by atoms with Crippen molar-refractivity contribution in [3.05, 3.63) is 12.2 Å². The van der Waals surface area contributed by atoms with Gasteiger partial charge < -0.3 is 18.9 Å². The van der Waals surface area contributed by atoms with Gasteiger partial charge in [0.25, 0.3) is 0 Å². The highest BCUT2D eigenvalue weighted by molar-refractivity contribution is 5.65. The van der Waals surface area contributed by atoms with Gasteiger partial charge in [-0.1, -0.05) is 0 Å². The molecule has 0 saturated heterocycles. The number of ether oxygens (including phenoxy) is 4. The van der Waals surface area contributed by atoms with Gasteiger partial charge in [-0.3, -0.25) is 4.79 Å². The normalized spacial score (nSPS) is 31.8. The third-order valence-electron chi connectivity index (χ3n) is 2.74. The maximum Gasteiger partial charge on any atom is 0.302 e. The summed E-state index contributed by atoms with van der Waals surface area (Å²) in [5.74, 6) is -1.82. The molecule has 5 heteroatoms. The van der Waals surface area contributed by atoms with E-state index >= 15 is 0 Å². The molecular formula is C12H20O5. The molecule has 98 valence electrons. The average Bonchev–Trinajstić information content (AvgIpc) is 2.64. The maximum absolute atomic E-state index is 10.6. The van der Waals surface area contributed by atoms with Crippen molar-refractivity contribution in [2.45, 2.75) is 38.3 Å². The van der Waals surface area contributed by atoms with Gasteiger partial charge in [0.15, 0.2) is 11.6 Å². The van der Waals surface area contributed by atoms with Crippen molar-refractivity contribution >= 4 is 5.97 Å². The number of rotatable bonds is 6. The fourth-order valence-electron chi connectivity index (χ4n) is 1.68. The molecule has 0 saturated carbocycles. The Hall–Kier alpha value is -0.910. The van der Waals surface area contributed by atoms with Gasteiger partial charge in [-0.15, -0.1) is 0 Å². The van der Waals surface area contributed by atoms with E-state index in [-0.39, 0.29) is 5.97 Å². The molecule has 1 heterocycles. The van der Waals surface area contributed by atoms with E-state index in [1.54, 1.807) is 14.2 Å². The lowest BCUT2D eigenvalue weighted by atomic mass is 10.1. The van der Waals surface area contributed by atoms with Gasteiger partial charge in [-0.25, -0.2) is 0 Å². The van der Waals surface area contributed by atoms with Gasteiger partial charge in [0, 0.05) is 27.6 Å². The smallest absolute Gasteiger partial charge is 0.302 e. The summed E-state index contributed by atoms with van der Waals surface area (Å²) in [5.41, 5.74) is 0. The van der Waals surface area contributed by atoms with Crippen LogP contribution in [0.2, 0.25) is 0 Å². The second-order valence-corrected chi connectivity index (χ2v) is 4.12. The first-order chi connectivity index (χ1) is 7.95. The van der Waals surface area contributed by atoms with Crippen molar-refractivity contribution < 1.29 is 23.7 Å². The molecule has 1 aliphatic rings. The van der Waals surface area contributed by atoms with E-state index in [0.717, 1.165) is 0 Å². The topological polar surface area (TPSA) is 54.0 Å². The minimum absolute atomic E-state index is 0.277. The highest BCUT2D eigenvalue weighted by atomic mass is 16.8. The largest absolute Gasteiger partial charge is 0.466 e. The standard InChI is InChI=1S/C12H20O5/c1-10(13)16-9-5-6-12(15-4)8-7-11(2,14-3)17-12/h7-8H,5-6,9H2,1-4H3. The summed E-state index contributed by atoms with van der Waals surface area (Å²) in [6.07, 6.45) is 4.93. The molecule has 0 aromatic carbocycles. The first-order valence-corrected chi connectivity index (χ1v) is 5.59. The first kappa shape index (κ1) is 14.2. The van der Waals surface area contributed by atoms with E-state index in [0.29, 0.717) is 19.4 Å². The molecule has 2 atom stereocenters. The number of methoxy groups -OCH3 is 2. The van der Waals surface area contributed by atoms with Crippen LogP contribution in [-0.2, 0) is 23.7 Å². The number of hydrogen-bond donors (Lipinski definition) is 0. The van der Waals surface area contributed by atoms with Gasteiger partial charge in [-0.05, 0) is 25.5 Å². The Morgan fingerprint density at radius 2 is 2.00 bits per heavy atom. The van der Waals surface area contributed by atoms with E-state index in [4.69, 9.17) is 18.9 Å². The SMILES string of the molecule is COC1(C)C=CC(CCCOC(C)=O)(OC)O1. The molecule has 0 amide bonds. The Kier molecular flexibility index (Phi) is 4.68. The summed E-state index contributed by atoms with van der Waals surface area (Å²) >= 11 is 0. The number of carbonyl (C=O) groups excluding carboxylic acids is 1. The average molecular weight is 244 g/mol. The Morgan fingerprint density at radius 1 is 1.29 bits per heavy atom. The lowest BCUT2D eigenvalue weighted by Crippen LogP contribution is -2.37. The van der Waals surface area contributed by atoms with Crippen molar-refractivity contribution in [1.29, 1.82) is 0 Å². The van der Waals surface area contributed by atoms with Crippen LogP contribution in [-0.4, -0.2) is 38.4 Å². The Labute approximate surface area is 102 Å². The van der Waals surface area contributed by atoms with Gasteiger partial charge in [0.2, 0.25) is 0 Å². The molecule has 0 aromatic rings. The van der Waals surface area contributed by atoms with E-state index in [1.807, 2.05) is 19.1 Å². The fraction of sp³-hybridized carbons (Fsp3) is 0.750. The van der Waals surface area contributed by atoms with Crippen LogP contribution in [0, 0.1) is 0 Å². The van der Waals surface area contributed by atoms with E-state index in [1.165, 1.54) is 6.92 Å². The molecule has 17 heavy (non-hydrogen) atoms. The summed E-state index contributed by atoms with van der Waals surface area (Å²) in [6, 6.07) is 0. The van der Waals surface area contributed by atoms with Crippen LogP contribution < -0.4 is 0 Å². The van der Waals surface area contributed by atoms with E-state index in [9.17, 15) is 4.79 Å². The van der Waals surface area contributed by atoms with Crippen LogP contribution in [0.4, 0.5) is 0 Å². The Morgan fingerprint density at radius 3 is 2.47 bits per heavy atom. The van der Waals surface area contributed by atoms with Crippen molar-refractivity contribution in [2.24, 2.45) is 0 Å². The van der Waals surface area contributed by atoms with Crippen molar-refractivity contribution in [1.82, 2.24) is 0 Å². The summed E-state index contributed by atoms with van der Waals surface area (Å²) in [5, 5.41) is 0.